The molecule has 0 unspecified atom stereocenters. The van der Waals surface area contributed by atoms with Gasteiger partial charge in [0.15, 0.2) is 0 Å². The first-order valence-electron chi connectivity index (χ1n) is 6.46. The van der Waals surface area contributed by atoms with E-state index in [-0.39, 0.29) is 23.4 Å². The fourth-order valence-corrected chi connectivity index (χ4v) is 2.62. The number of halogens is 1. The van der Waals surface area contributed by atoms with Gasteiger partial charge in [-0.3, -0.25) is 4.79 Å². The Kier molecular flexibility index (Phi) is 5.62. The van der Waals surface area contributed by atoms with E-state index in [1.165, 1.54) is 22.4 Å². The zero-order valence-corrected chi connectivity index (χ0v) is 13.8. The molecule has 0 aliphatic carbocycles. The minimum absolute atomic E-state index is 0. The zero-order chi connectivity index (χ0) is 14.0. The molecule has 1 heterocycles. The number of carbonyl (C=O) groups is 1. The van der Waals surface area contributed by atoms with E-state index < -0.39 is 5.97 Å². The number of aliphatic carboxylic acids is 1. The highest BCUT2D eigenvalue weighted by Gasteiger charge is 2.17. The minimum Gasteiger partial charge on any atom is -0.481 e. The maximum Gasteiger partial charge on any atom is 0.305 e. The van der Waals surface area contributed by atoms with Crippen molar-refractivity contribution in [1.29, 1.82) is 0 Å². The molecule has 1 N–H and O–H groups in total. The van der Waals surface area contributed by atoms with Crippen LogP contribution in [0.15, 0.2) is 24.5 Å². The number of rotatable bonds is 4. The number of hydrogen-bond donors (Lipinski definition) is 1. The summed E-state index contributed by atoms with van der Waals surface area (Å²) in [7, 11) is 0. The molecule has 1 aliphatic heterocycles. The van der Waals surface area contributed by atoms with Crippen molar-refractivity contribution in [3.63, 3.8) is 0 Å². The Balaban J connectivity index is 0.00000200. The predicted molar refractivity (Wildman–Crippen MR) is 86.4 cm³/mol. The quantitative estimate of drug-likeness (QED) is 0.913. The summed E-state index contributed by atoms with van der Waals surface area (Å²) in [6.45, 7) is 7.60. The molecular weight excluding hydrogens is 320 g/mol. The molecule has 0 bridgehead atoms. The monoisotopic (exact) mass is 340 g/mol. The zero-order valence-electron chi connectivity index (χ0n) is 12.1. The van der Waals surface area contributed by atoms with Crippen molar-refractivity contribution in [3.8, 4) is 0 Å². The van der Waals surface area contributed by atoms with Gasteiger partial charge < -0.3 is 14.9 Å². The average Bonchev–Trinajstić information content (AvgIpc) is 2.73. The van der Waals surface area contributed by atoms with Gasteiger partial charge in [-0.25, -0.2) is 0 Å². The van der Waals surface area contributed by atoms with Crippen LogP contribution in [0, 0.1) is 20.8 Å². The van der Waals surface area contributed by atoms with Crippen molar-refractivity contribution >= 4 is 28.6 Å². The maximum absolute atomic E-state index is 10.6. The van der Waals surface area contributed by atoms with E-state index in [4.69, 9.17) is 5.11 Å². The van der Waals surface area contributed by atoms with E-state index in [0.29, 0.717) is 6.54 Å². The largest absolute Gasteiger partial charge is 0.481 e. The molecule has 0 aromatic heterocycles. The topological polar surface area (TPSA) is 43.8 Å². The van der Waals surface area contributed by atoms with Crippen molar-refractivity contribution in [2.75, 3.05) is 18.1 Å². The van der Waals surface area contributed by atoms with Crippen LogP contribution in [0.3, 0.4) is 0 Å². The highest BCUT2D eigenvalue weighted by molar-refractivity contribution is 8.93. The Hall–Kier alpha value is -1.49. The second-order valence-corrected chi connectivity index (χ2v) is 5.11. The molecule has 0 saturated heterocycles. The lowest BCUT2D eigenvalue weighted by Crippen LogP contribution is -2.27. The first kappa shape index (κ1) is 16.6. The van der Waals surface area contributed by atoms with Crippen molar-refractivity contribution < 1.29 is 9.90 Å². The summed E-state index contributed by atoms with van der Waals surface area (Å²) >= 11 is 0. The SMILES string of the molecule is Br.Cc1cc(C)c(N2C=CN(CCC(=O)O)C2)c(C)c1. The van der Waals surface area contributed by atoms with Gasteiger partial charge in [0.2, 0.25) is 0 Å². The third-order valence-electron chi connectivity index (χ3n) is 3.33. The van der Waals surface area contributed by atoms with Gasteiger partial charge in [0, 0.05) is 24.6 Å². The van der Waals surface area contributed by atoms with E-state index in [9.17, 15) is 4.79 Å². The Morgan fingerprint density at radius 3 is 2.35 bits per heavy atom. The van der Waals surface area contributed by atoms with Crippen LogP contribution < -0.4 is 4.90 Å². The average molecular weight is 341 g/mol. The lowest BCUT2D eigenvalue weighted by Gasteiger charge is -2.24. The molecule has 0 fully saturated rings. The van der Waals surface area contributed by atoms with Crippen molar-refractivity contribution in [2.45, 2.75) is 27.2 Å². The minimum atomic E-state index is -0.755. The highest BCUT2D eigenvalue weighted by atomic mass is 79.9. The number of nitrogens with zero attached hydrogens (tertiary/aromatic N) is 2. The fourth-order valence-electron chi connectivity index (χ4n) is 2.62. The fraction of sp³-hybridized carbons (Fsp3) is 0.400. The van der Waals surface area contributed by atoms with Gasteiger partial charge in [0.05, 0.1) is 13.1 Å². The van der Waals surface area contributed by atoms with Crippen LogP contribution in [0.1, 0.15) is 23.1 Å². The number of aryl methyl sites for hydroxylation is 3. The van der Waals surface area contributed by atoms with Gasteiger partial charge in [0.1, 0.15) is 0 Å². The van der Waals surface area contributed by atoms with Crippen LogP contribution in [0.5, 0.6) is 0 Å². The summed E-state index contributed by atoms with van der Waals surface area (Å²) < 4.78 is 0. The summed E-state index contributed by atoms with van der Waals surface area (Å²) in [5, 5.41) is 8.71. The van der Waals surface area contributed by atoms with Gasteiger partial charge in [-0.05, 0) is 31.9 Å². The third-order valence-corrected chi connectivity index (χ3v) is 3.33. The lowest BCUT2D eigenvalue weighted by atomic mass is 10.0. The molecule has 20 heavy (non-hydrogen) atoms. The highest BCUT2D eigenvalue weighted by Crippen LogP contribution is 2.28. The van der Waals surface area contributed by atoms with Gasteiger partial charge in [-0.1, -0.05) is 17.7 Å². The smallest absolute Gasteiger partial charge is 0.305 e. The van der Waals surface area contributed by atoms with E-state index >= 15 is 0 Å². The van der Waals surface area contributed by atoms with E-state index in [0.717, 1.165) is 6.67 Å². The molecule has 0 atom stereocenters. The van der Waals surface area contributed by atoms with E-state index in [2.05, 4.69) is 37.8 Å². The Morgan fingerprint density at radius 1 is 1.20 bits per heavy atom. The Labute approximate surface area is 130 Å². The molecule has 5 heteroatoms. The van der Waals surface area contributed by atoms with Crippen molar-refractivity contribution in [2.24, 2.45) is 0 Å². The van der Waals surface area contributed by atoms with Crippen LogP contribution in [-0.2, 0) is 4.79 Å². The maximum atomic E-state index is 10.6. The second kappa shape index (κ2) is 6.79. The molecule has 0 spiro atoms. The molecular formula is C15H21BrN2O2. The third kappa shape index (κ3) is 3.76. The number of carboxylic acid groups (broad SMARTS) is 1. The molecule has 0 amide bonds. The number of hydrogen-bond acceptors (Lipinski definition) is 3. The van der Waals surface area contributed by atoms with Crippen LogP contribution in [0.2, 0.25) is 0 Å². The number of benzene rings is 1. The normalized spacial score (nSPS) is 13.6. The lowest BCUT2D eigenvalue weighted by molar-refractivity contribution is -0.137. The van der Waals surface area contributed by atoms with E-state index in [1.807, 2.05) is 17.3 Å². The summed E-state index contributed by atoms with van der Waals surface area (Å²) in [4.78, 5) is 14.8. The molecule has 0 saturated carbocycles. The Bertz CT molecular complexity index is 506. The molecule has 2 rings (SSSR count). The summed E-state index contributed by atoms with van der Waals surface area (Å²) in [5.74, 6) is -0.755. The van der Waals surface area contributed by atoms with Crippen LogP contribution >= 0.6 is 17.0 Å². The van der Waals surface area contributed by atoms with Crippen LogP contribution in [0.25, 0.3) is 0 Å². The molecule has 1 aromatic carbocycles. The van der Waals surface area contributed by atoms with Crippen molar-refractivity contribution in [3.05, 3.63) is 41.2 Å². The van der Waals surface area contributed by atoms with Gasteiger partial charge in [0.25, 0.3) is 0 Å². The van der Waals surface area contributed by atoms with Gasteiger partial charge in [-0.2, -0.15) is 0 Å². The molecule has 4 nitrogen and oxygen atoms in total. The van der Waals surface area contributed by atoms with E-state index in [1.54, 1.807) is 0 Å². The molecule has 0 radical (unpaired) electrons. The van der Waals surface area contributed by atoms with Gasteiger partial charge >= 0.3 is 5.97 Å². The molecule has 1 aliphatic rings. The Morgan fingerprint density at radius 2 is 1.80 bits per heavy atom. The summed E-state index contributed by atoms with van der Waals surface area (Å²) in [5.41, 5.74) is 4.99. The molecule has 110 valence electrons. The first-order chi connectivity index (χ1) is 8.97. The number of anilines is 1. The first-order valence-corrected chi connectivity index (χ1v) is 6.46. The summed E-state index contributed by atoms with van der Waals surface area (Å²) in [6.07, 6.45) is 4.15. The van der Waals surface area contributed by atoms with Gasteiger partial charge in [-0.15, -0.1) is 17.0 Å². The number of carboxylic acids is 1. The predicted octanol–water partition coefficient (Wildman–Crippen LogP) is 3.22. The molecule has 1 aromatic rings. The van der Waals surface area contributed by atoms with Crippen LogP contribution in [-0.4, -0.2) is 29.2 Å². The summed E-state index contributed by atoms with van der Waals surface area (Å²) in [6, 6.07) is 4.35. The van der Waals surface area contributed by atoms with Crippen molar-refractivity contribution in [1.82, 2.24) is 4.90 Å². The second-order valence-electron chi connectivity index (χ2n) is 5.11. The van der Waals surface area contributed by atoms with Crippen LogP contribution in [0.4, 0.5) is 5.69 Å². The standard InChI is InChI=1S/C15H20N2O2.BrH/c1-11-8-12(2)15(13(3)9-11)17-7-6-16(10-17)5-4-14(18)19;/h6-9H,4-5,10H2,1-3H3,(H,18,19);1H.